The van der Waals surface area contributed by atoms with Gasteiger partial charge in [0.1, 0.15) is 0 Å². The maximum absolute atomic E-state index is 12.6. The van der Waals surface area contributed by atoms with Gasteiger partial charge in [0, 0.05) is 31.1 Å². The van der Waals surface area contributed by atoms with E-state index in [1.807, 2.05) is 12.1 Å². The van der Waals surface area contributed by atoms with Crippen LogP contribution in [-0.4, -0.2) is 44.9 Å². The van der Waals surface area contributed by atoms with Gasteiger partial charge in [0.2, 0.25) is 10.0 Å². The monoisotopic (exact) mass is 363 g/mol. The van der Waals surface area contributed by atoms with Crippen LogP contribution in [0.5, 0.6) is 0 Å². The molecule has 3 fully saturated rings. The normalized spacial score (nSPS) is 31.8. The second-order valence-electron chi connectivity index (χ2n) is 7.86. The van der Waals surface area contributed by atoms with Crippen LogP contribution in [0.3, 0.4) is 0 Å². The van der Waals surface area contributed by atoms with Gasteiger partial charge in [-0.15, -0.1) is 0 Å². The first-order valence-electron chi connectivity index (χ1n) is 9.62. The van der Waals surface area contributed by atoms with E-state index in [2.05, 4.69) is 5.32 Å². The highest BCUT2D eigenvalue weighted by Crippen LogP contribution is 2.47. The number of rotatable bonds is 4. The third kappa shape index (κ3) is 2.83. The summed E-state index contributed by atoms with van der Waals surface area (Å²) in [7, 11) is -3.31. The van der Waals surface area contributed by atoms with E-state index < -0.39 is 10.0 Å². The van der Waals surface area contributed by atoms with Crippen LogP contribution < -0.4 is 11.1 Å². The van der Waals surface area contributed by atoms with Crippen LogP contribution in [0.15, 0.2) is 29.2 Å². The lowest BCUT2D eigenvalue weighted by atomic mass is 9.61. The molecule has 2 saturated heterocycles. The molecule has 2 atom stereocenters. The van der Waals surface area contributed by atoms with Crippen LogP contribution in [0, 0.1) is 5.92 Å². The SMILES string of the molecule is NC1CNCCC1(c1ccc(S(=O)(=O)N2CCC2)cc1)C1CCCC1. The molecule has 138 valence electrons. The van der Waals surface area contributed by atoms with E-state index in [0.29, 0.717) is 23.9 Å². The number of hydrogen-bond donors (Lipinski definition) is 2. The number of nitrogens with zero attached hydrogens (tertiary/aromatic N) is 1. The molecule has 4 rings (SSSR count). The van der Waals surface area contributed by atoms with Crippen molar-refractivity contribution in [3.63, 3.8) is 0 Å². The molecular formula is C19H29N3O2S. The standard InChI is InChI=1S/C19H29N3O2S/c20-18-14-21-11-10-19(18,15-4-1-2-5-15)16-6-8-17(9-7-16)25(23,24)22-12-3-13-22/h6-9,15,18,21H,1-5,10-14,20H2. The molecule has 3 N–H and O–H groups in total. The molecule has 5 nitrogen and oxygen atoms in total. The smallest absolute Gasteiger partial charge is 0.243 e. The van der Waals surface area contributed by atoms with E-state index in [0.717, 1.165) is 25.9 Å². The highest BCUT2D eigenvalue weighted by Gasteiger charge is 2.47. The lowest BCUT2D eigenvalue weighted by Gasteiger charge is -2.48. The van der Waals surface area contributed by atoms with Gasteiger partial charge in [-0.05, 0) is 55.8 Å². The Labute approximate surface area is 151 Å². The number of nitrogens with one attached hydrogen (secondary N) is 1. The Bertz CT molecular complexity index is 709. The van der Waals surface area contributed by atoms with Gasteiger partial charge in [0.05, 0.1) is 4.90 Å². The van der Waals surface area contributed by atoms with Gasteiger partial charge in [0.15, 0.2) is 0 Å². The average molecular weight is 364 g/mol. The Kier molecular flexibility index (Phi) is 4.65. The minimum absolute atomic E-state index is 0.0131. The van der Waals surface area contributed by atoms with E-state index in [9.17, 15) is 8.42 Å². The molecule has 0 amide bonds. The number of hydrogen-bond acceptors (Lipinski definition) is 4. The molecular weight excluding hydrogens is 334 g/mol. The number of sulfonamides is 1. The van der Waals surface area contributed by atoms with Crippen molar-refractivity contribution >= 4 is 10.0 Å². The highest BCUT2D eigenvalue weighted by atomic mass is 32.2. The molecule has 1 aliphatic carbocycles. The Hall–Kier alpha value is -0.950. The van der Waals surface area contributed by atoms with Gasteiger partial charge in [-0.25, -0.2) is 8.42 Å². The van der Waals surface area contributed by atoms with Gasteiger partial charge >= 0.3 is 0 Å². The summed E-state index contributed by atoms with van der Waals surface area (Å²) in [5.74, 6) is 0.613. The molecule has 2 heterocycles. The van der Waals surface area contributed by atoms with Crippen molar-refractivity contribution < 1.29 is 8.42 Å². The summed E-state index contributed by atoms with van der Waals surface area (Å²) in [6.07, 6.45) is 7.05. The molecule has 0 spiro atoms. The van der Waals surface area contributed by atoms with Crippen molar-refractivity contribution in [2.45, 2.75) is 54.9 Å². The van der Waals surface area contributed by atoms with Crippen LogP contribution in [0.2, 0.25) is 0 Å². The molecule has 3 aliphatic rings. The van der Waals surface area contributed by atoms with E-state index in [-0.39, 0.29) is 11.5 Å². The molecule has 1 aromatic rings. The lowest BCUT2D eigenvalue weighted by molar-refractivity contribution is 0.172. The zero-order valence-electron chi connectivity index (χ0n) is 14.8. The largest absolute Gasteiger partial charge is 0.326 e. The maximum Gasteiger partial charge on any atom is 0.243 e. The Balaban J connectivity index is 1.68. The summed E-state index contributed by atoms with van der Waals surface area (Å²) in [5, 5.41) is 3.42. The minimum atomic E-state index is -3.31. The molecule has 0 aromatic heterocycles. The third-order valence-corrected chi connectivity index (χ3v) is 8.58. The van der Waals surface area contributed by atoms with Crippen LogP contribution in [0.25, 0.3) is 0 Å². The van der Waals surface area contributed by atoms with Crippen LogP contribution in [-0.2, 0) is 15.4 Å². The Morgan fingerprint density at radius 2 is 1.76 bits per heavy atom. The molecule has 25 heavy (non-hydrogen) atoms. The van der Waals surface area contributed by atoms with Gasteiger partial charge in [-0.2, -0.15) is 4.31 Å². The van der Waals surface area contributed by atoms with Crippen molar-refractivity contribution in [1.82, 2.24) is 9.62 Å². The molecule has 1 saturated carbocycles. The van der Waals surface area contributed by atoms with Crippen molar-refractivity contribution in [3.8, 4) is 0 Å². The van der Waals surface area contributed by atoms with Crippen molar-refractivity contribution in [2.75, 3.05) is 26.2 Å². The molecule has 6 heteroatoms. The zero-order valence-corrected chi connectivity index (χ0v) is 15.6. The van der Waals surface area contributed by atoms with Crippen LogP contribution in [0.1, 0.15) is 44.1 Å². The fraction of sp³-hybridized carbons (Fsp3) is 0.684. The third-order valence-electron chi connectivity index (χ3n) is 6.67. The Morgan fingerprint density at radius 1 is 1.08 bits per heavy atom. The predicted molar refractivity (Wildman–Crippen MR) is 98.9 cm³/mol. The first-order valence-corrected chi connectivity index (χ1v) is 11.1. The quantitative estimate of drug-likeness (QED) is 0.856. The number of piperidine rings is 1. The minimum Gasteiger partial charge on any atom is -0.326 e. The van der Waals surface area contributed by atoms with Crippen molar-refractivity contribution in [3.05, 3.63) is 29.8 Å². The van der Waals surface area contributed by atoms with E-state index in [1.54, 1.807) is 16.4 Å². The molecule has 2 aliphatic heterocycles. The first-order chi connectivity index (χ1) is 12.0. The lowest BCUT2D eigenvalue weighted by Crippen LogP contribution is -2.59. The second kappa shape index (κ2) is 6.65. The van der Waals surface area contributed by atoms with Gasteiger partial charge in [-0.3, -0.25) is 0 Å². The molecule has 0 bridgehead atoms. The van der Waals surface area contributed by atoms with Crippen LogP contribution >= 0.6 is 0 Å². The number of nitrogens with two attached hydrogens (primary N) is 1. The van der Waals surface area contributed by atoms with Crippen molar-refractivity contribution in [1.29, 1.82) is 0 Å². The van der Waals surface area contributed by atoms with E-state index >= 15 is 0 Å². The molecule has 2 unspecified atom stereocenters. The highest BCUT2D eigenvalue weighted by molar-refractivity contribution is 7.89. The first kappa shape index (κ1) is 17.5. The zero-order chi connectivity index (χ0) is 17.5. The number of benzene rings is 1. The summed E-state index contributed by atoms with van der Waals surface area (Å²) >= 11 is 0. The summed E-state index contributed by atoms with van der Waals surface area (Å²) in [6.45, 7) is 3.11. The van der Waals surface area contributed by atoms with Crippen LogP contribution in [0.4, 0.5) is 0 Å². The van der Waals surface area contributed by atoms with Gasteiger partial charge < -0.3 is 11.1 Å². The summed E-state index contributed by atoms with van der Waals surface area (Å²) in [4.78, 5) is 0.417. The van der Waals surface area contributed by atoms with E-state index in [1.165, 1.54) is 31.2 Å². The summed E-state index contributed by atoms with van der Waals surface area (Å²) in [5.41, 5.74) is 7.86. The average Bonchev–Trinajstić information content (AvgIpc) is 3.08. The second-order valence-corrected chi connectivity index (χ2v) is 9.80. The Morgan fingerprint density at radius 3 is 2.32 bits per heavy atom. The molecule has 0 radical (unpaired) electrons. The van der Waals surface area contributed by atoms with Gasteiger partial charge in [-0.1, -0.05) is 25.0 Å². The molecule has 1 aromatic carbocycles. The fourth-order valence-corrected chi connectivity index (χ4v) is 6.59. The fourth-order valence-electron chi connectivity index (χ4n) is 5.08. The summed E-state index contributed by atoms with van der Waals surface area (Å²) < 4.78 is 26.7. The van der Waals surface area contributed by atoms with Crippen molar-refractivity contribution in [2.24, 2.45) is 11.7 Å². The van der Waals surface area contributed by atoms with E-state index in [4.69, 9.17) is 5.73 Å². The topological polar surface area (TPSA) is 75.4 Å². The maximum atomic E-state index is 12.6. The van der Waals surface area contributed by atoms with Gasteiger partial charge in [0.25, 0.3) is 0 Å². The summed E-state index contributed by atoms with van der Waals surface area (Å²) in [6, 6.07) is 7.76. The predicted octanol–water partition coefficient (Wildman–Crippen LogP) is 1.83.